The molecule has 9 heteroatoms. The normalized spacial score (nSPS) is 19.5. The molecule has 0 N–H and O–H groups in total. The lowest BCUT2D eigenvalue weighted by atomic mass is 10.1. The summed E-state index contributed by atoms with van der Waals surface area (Å²) in [5.74, 6) is -0.0455. The van der Waals surface area contributed by atoms with E-state index in [1.165, 1.54) is 9.42 Å². The standard InChI is InChI=1S/C19H21N5O3S/c1-13-12-14(2)24-19(20-13)21-17(22-24)18(25)23-9-8-16(28(26,27)11-10-23)15-6-4-3-5-7-15/h3-7,12,16H,8-11H2,1-2H3. The summed E-state index contributed by atoms with van der Waals surface area (Å²) in [5, 5.41) is 3.67. The Morgan fingerprint density at radius 3 is 2.61 bits per heavy atom. The minimum Gasteiger partial charge on any atom is -0.335 e. The summed E-state index contributed by atoms with van der Waals surface area (Å²) in [6.07, 6.45) is 0.349. The van der Waals surface area contributed by atoms with E-state index in [9.17, 15) is 13.2 Å². The molecule has 0 spiro atoms. The van der Waals surface area contributed by atoms with Gasteiger partial charge in [0.25, 0.3) is 11.7 Å². The number of sulfone groups is 1. The van der Waals surface area contributed by atoms with Gasteiger partial charge in [-0.2, -0.15) is 4.98 Å². The van der Waals surface area contributed by atoms with Crippen LogP contribution in [-0.4, -0.2) is 57.6 Å². The largest absolute Gasteiger partial charge is 0.335 e. The number of aryl methyl sites for hydroxylation is 2. The lowest BCUT2D eigenvalue weighted by Crippen LogP contribution is -2.34. The molecule has 8 nitrogen and oxygen atoms in total. The molecule has 1 aromatic carbocycles. The highest BCUT2D eigenvalue weighted by Gasteiger charge is 2.33. The van der Waals surface area contributed by atoms with Crippen molar-refractivity contribution in [1.82, 2.24) is 24.5 Å². The first-order chi connectivity index (χ1) is 13.3. The third-order valence-corrected chi connectivity index (χ3v) is 7.14. The molecule has 1 saturated heterocycles. The van der Waals surface area contributed by atoms with Crippen LogP contribution in [0.4, 0.5) is 0 Å². The fraction of sp³-hybridized carbons (Fsp3) is 0.368. The van der Waals surface area contributed by atoms with Gasteiger partial charge in [0.2, 0.25) is 5.82 Å². The average molecular weight is 399 g/mol. The summed E-state index contributed by atoms with van der Waals surface area (Å²) in [4.78, 5) is 23.0. The van der Waals surface area contributed by atoms with E-state index in [1.807, 2.05) is 50.2 Å². The van der Waals surface area contributed by atoms with Gasteiger partial charge in [0.05, 0.1) is 11.0 Å². The van der Waals surface area contributed by atoms with E-state index in [1.54, 1.807) is 0 Å². The maximum absolute atomic E-state index is 12.9. The van der Waals surface area contributed by atoms with Crippen LogP contribution in [0.2, 0.25) is 0 Å². The van der Waals surface area contributed by atoms with Crippen LogP contribution in [0.5, 0.6) is 0 Å². The topological polar surface area (TPSA) is 97.5 Å². The molecule has 1 fully saturated rings. The molecule has 1 amide bonds. The Morgan fingerprint density at radius 2 is 1.86 bits per heavy atom. The molecule has 0 saturated carbocycles. The minimum atomic E-state index is -3.35. The summed E-state index contributed by atoms with van der Waals surface area (Å²) in [5.41, 5.74) is 2.39. The first-order valence-electron chi connectivity index (χ1n) is 9.12. The van der Waals surface area contributed by atoms with Crippen LogP contribution in [0.25, 0.3) is 5.78 Å². The van der Waals surface area contributed by atoms with Crippen LogP contribution in [0.15, 0.2) is 36.4 Å². The molecule has 0 aliphatic carbocycles. The second-order valence-corrected chi connectivity index (χ2v) is 9.34. The highest BCUT2D eigenvalue weighted by molar-refractivity contribution is 7.91. The molecule has 1 unspecified atom stereocenters. The zero-order valence-electron chi connectivity index (χ0n) is 15.7. The lowest BCUT2D eigenvalue weighted by molar-refractivity contribution is 0.0754. The molecule has 0 bridgehead atoms. The molecular weight excluding hydrogens is 378 g/mol. The predicted octanol–water partition coefficient (Wildman–Crippen LogP) is 1.74. The number of amides is 1. The number of nitrogens with zero attached hydrogens (tertiary/aromatic N) is 5. The molecular formula is C19H21N5O3S. The zero-order valence-corrected chi connectivity index (χ0v) is 16.6. The lowest BCUT2D eigenvalue weighted by Gasteiger charge is -2.18. The van der Waals surface area contributed by atoms with Crippen LogP contribution in [0, 0.1) is 13.8 Å². The van der Waals surface area contributed by atoms with Gasteiger partial charge in [0, 0.05) is 24.5 Å². The highest BCUT2D eigenvalue weighted by atomic mass is 32.2. The number of hydrogen-bond donors (Lipinski definition) is 0. The molecule has 1 atom stereocenters. The van der Waals surface area contributed by atoms with Crippen molar-refractivity contribution in [2.45, 2.75) is 25.5 Å². The zero-order chi connectivity index (χ0) is 19.9. The maximum Gasteiger partial charge on any atom is 0.293 e. The first-order valence-corrected chi connectivity index (χ1v) is 10.8. The van der Waals surface area contributed by atoms with Crippen molar-refractivity contribution < 1.29 is 13.2 Å². The van der Waals surface area contributed by atoms with Crippen molar-refractivity contribution in [2.24, 2.45) is 0 Å². The Labute approximate surface area is 163 Å². The van der Waals surface area contributed by atoms with Crippen molar-refractivity contribution >= 4 is 21.5 Å². The molecule has 4 rings (SSSR count). The third kappa shape index (κ3) is 3.37. The van der Waals surface area contributed by atoms with Crippen molar-refractivity contribution in [1.29, 1.82) is 0 Å². The summed E-state index contributed by atoms with van der Waals surface area (Å²) in [6.45, 7) is 4.18. The number of carbonyl (C=O) groups is 1. The van der Waals surface area contributed by atoms with Gasteiger partial charge in [-0.25, -0.2) is 17.9 Å². The smallest absolute Gasteiger partial charge is 0.293 e. The Balaban J connectivity index is 1.60. The molecule has 3 heterocycles. The SMILES string of the molecule is Cc1cc(C)n2nc(C(=O)N3CCC(c4ccccc4)S(=O)(=O)CC3)nc2n1. The molecule has 0 radical (unpaired) electrons. The number of hydrogen-bond acceptors (Lipinski definition) is 6. The predicted molar refractivity (Wildman–Crippen MR) is 104 cm³/mol. The Hall–Kier alpha value is -2.81. The van der Waals surface area contributed by atoms with Gasteiger partial charge < -0.3 is 4.90 Å². The second kappa shape index (κ2) is 6.97. The number of benzene rings is 1. The average Bonchev–Trinajstić information content (AvgIpc) is 3.01. The second-order valence-electron chi connectivity index (χ2n) is 7.03. The fourth-order valence-corrected chi connectivity index (χ4v) is 5.38. The Bertz CT molecular complexity index is 1140. The molecule has 2 aromatic heterocycles. The van der Waals surface area contributed by atoms with E-state index in [4.69, 9.17) is 0 Å². The van der Waals surface area contributed by atoms with Gasteiger partial charge in [0.1, 0.15) is 0 Å². The van der Waals surface area contributed by atoms with E-state index < -0.39 is 15.1 Å². The monoisotopic (exact) mass is 399 g/mol. The van der Waals surface area contributed by atoms with Gasteiger partial charge >= 0.3 is 0 Å². The third-order valence-electron chi connectivity index (χ3n) is 5.01. The summed E-state index contributed by atoms with van der Waals surface area (Å²) in [6, 6.07) is 11.0. The van der Waals surface area contributed by atoms with Crippen molar-refractivity contribution in [2.75, 3.05) is 18.8 Å². The first kappa shape index (κ1) is 18.5. The van der Waals surface area contributed by atoms with E-state index in [0.717, 1.165) is 17.0 Å². The molecule has 1 aliphatic heterocycles. The number of carbonyl (C=O) groups excluding carboxylic acids is 1. The van der Waals surface area contributed by atoms with E-state index >= 15 is 0 Å². The van der Waals surface area contributed by atoms with E-state index in [2.05, 4.69) is 15.1 Å². The summed E-state index contributed by atoms with van der Waals surface area (Å²) < 4.78 is 27.0. The van der Waals surface area contributed by atoms with Crippen molar-refractivity contribution in [3.63, 3.8) is 0 Å². The molecule has 146 valence electrons. The molecule has 28 heavy (non-hydrogen) atoms. The van der Waals surface area contributed by atoms with Gasteiger partial charge in [-0.1, -0.05) is 30.3 Å². The Kier molecular flexibility index (Phi) is 4.62. The number of rotatable bonds is 2. The van der Waals surface area contributed by atoms with Crippen LogP contribution in [0.1, 0.15) is 39.2 Å². The van der Waals surface area contributed by atoms with Crippen LogP contribution in [-0.2, 0) is 9.84 Å². The van der Waals surface area contributed by atoms with Crippen molar-refractivity contribution in [3.05, 3.63) is 59.2 Å². The van der Waals surface area contributed by atoms with E-state index in [0.29, 0.717) is 18.7 Å². The summed E-state index contributed by atoms with van der Waals surface area (Å²) in [7, 11) is -3.35. The van der Waals surface area contributed by atoms with Gasteiger partial charge in [-0.3, -0.25) is 4.79 Å². The van der Waals surface area contributed by atoms with Gasteiger partial charge in [-0.05, 0) is 31.9 Å². The quantitative estimate of drug-likeness (QED) is 0.651. The number of fused-ring (bicyclic) bond motifs is 1. The minimum absolute atomic E-state index is 0.0387. The van der Waals surface area contributed by atoms with E-state index in [-0.39, 0.29) is 24.0 Å². The highest BCUT2D eigenvalue weighted by Crippen LogP contribution is 2.29. The van der Waals surface area contributed by atoms with Crippen molar-refractivity contribution in [3.8, 4) is 0 Å². The fourth-order valence-electron chi connectivity index (χ4n) is 3.59. The molecule has 1 aliphatic rings. The number of aromatic nitrogens is 4. The van der Waals surface area contributed by atoms with Gasteiger partial charge in [0.15, 0.2) is 9.84 Å². The van der Waals surface area contributed by atoms with Crippen LogP contribution in [0.3, 0.4) is 0 Å². The summed E-state index contributed by atoms with van der Waals surface area (Å²) >= 11 is 0. The molecule has 3 aromatic rings. The maximum atomic E-state index is 12.9. The van der Waals surface area contributed by atoms with Gasteiger partial charge in [-0.15, -0.1) is 5.10 Å². The van der Waals surface area contributed by atoms with Crippen LogP contribution >= 0.6 is 0 Å². The van der Waals surface area contributed by atoms with Crippen LogP contribution < -0.4 is 0 Å². The Morgan fingerprint density at radius 1 is 1.11 bits per heavy atom.